The highest BCUT2D eigenvalue weighted by molar-refractivity contribution is 9.10. The maximum absolute atomic E-state index is 13.0. The minimum Gasteiger partial charge on any atom is -0.264 e. The lowest BCUT2D eigenvalue weighted by atomic mass is 10.2. The maximum Gasteiger partial charge on any atom is 0.150 e. The molecule has 0 aromatic carbocycles. The van der Waals surface area contributed by atoms with Crippen LogP contribution in [0.25, 0.3) is 10.8 Å². The lowest BCUT2D eigenvalue weighted by molar-refractivity contribution is 0.633. The molecule has 0 unspecified atom stereocenters. The van der Waals surface area contributed by atoms with E-state index in [2.05, 4.69) is 25.9 Å². The normalized spacial score (nSPS) is 10.5. The fourth-order valence-corrected chi connectivity index (χ4v) is 1.47. The zero-order valence-electron chi connectivity index (χ0n) is 5.96. The van der Waals surface area contributed by atoms with Crippen molar-refractivity contribution in [1.29, 1.82) is 0 Å². The molecule has 4 heteroatoms. The van der Waals surface area contributed by atoms with Crippen LogP contribution in [0.2, 0.25) is 0 Å². The topological polar surface area (TPSA) is 25.8 Å². The molecule has 0 atom stereocenters. The lowest BCUT2D eigenvalue weighted by Gasteiger charge is -1.98. The summed E-state index contributed by atoms with van der Waals surface area (Å²) in [6.07, 6.45) is 4.26. The maximum atomic E-state index is 13.0. The molecule has 0 bridgehead atoms. The van der Waals surface area contributed by atoms with Crippen molar-refractivity contribution < 1.29 is 4.39 Å². The van der Waals surface area contributed by atoms with Gasteiger partial charge in [0.2, 0.25) is 0 Å². The van der Waals surface area contributed by atoms with Gasteiger partial charge in [0.15, 0.2) is 5.82 Å². The van der Waals surface area contributed by atoms with Crippen LogP contribution < -0.4 is 0 Å². The second-order valence-corrected chi connectivity index (χ2v) is 3.07. The third-order valence-electron chi connectivity index (χ3n) is 1.59. The van der Waals surface area contributed by atoms with Gasteiger partial charge < -0.3 is 0 Å². The van der Waals surface area contributed by atoms with Gasteiger partial charge in [-0.15, -0.1) is 0 Å². The molecule has 2 heterocycles. The SMILES string of the molecule is Fc1cnc(Br)c2ccncc12. The van der Waals surface area contributed by atoms with Crippen LogP contribution in [-0.4, -0.2) is 9.97 Å². The molecule has 2 rings (SSSR count). The van der Waals surface area contributed by atoms with Crippen molar-refractivity contribution in [3.8, 4) is 0 Å². The van der Waals surface area contributed by atoms with Crippen LogP contribution in [0.15, 0.2) is 29.3 Å². The Morgan fingerprint density at radius 3 is 2.83 bits per heavy atom. The van der Waals surface area contributed by atoms with Crippen LogP contribution in [0.4, 0.5) is 4.39 Å². The van der Waals surface area contributed by atoms with E-state index in [1.165, 1.54) is 12.4 Å². The van der Waals surface area contributed by atoms with Crippen molar-refractivity contribution in [2.75, 3.05) is 0 Å². The fourth-order valence-electron chi connectivity index (χ4n) is 1.02. The average molecular weight is 227 g/mol. The third kappa shape index (κ3) is 1.08. The molecule has 0 spiro atoms. The van der Waals surface area contributed by atoms with E-state index in [0.717, 1.165) is 5.39 Å². The van der Waals surface area contributed by atoms with Gasteiger partial charge in [0.05, 0.1) is 6.20 Å². The molecule has 2 nitrogen and oxygen atoms in total. The Labute approximate surface area is 76.6 Å². The molecule has 0 radical (unpaired) electrons. The first-order valence-corrected chi connectivity index (χ1v) is 4.12. The van der Waals surface area contributed by atoms with E-state index in [4.69, 9.17) is 0 Å². The quantitative estimate of drug-likeness (QED) is 0.646. The standard InChI is InChI=1S/C8H4BrFN2/c9-8-5-1-2-11-3-6(5)7(10)4-12-8/h1-4H. The largest absolute Gasteiger partial charge is 0.264 e. The Morgan fingerprint density at radius 1 is 1.25 bits per heavy atom. The molecule has 0 fully saturated rings. The summed E-state index contributed by atoms with van der Waals surface area (Å²) in [6, 6.07) is 1.72. The number of pyridine rings is 2. The van der Waals surface area contributed by atoms with Crippen LogP contribution in [0.1, 0.15) is 0 Å². The van der Waals surface area contributed by atoms with E-state index >= 15 is 0 Å². The predicted molar refractivity (Wildman–Crippen MR) is 47.2 cm³/mol. The summed E-state index contributed by atoms with van der Waals surface area (Å²) >= 11 is 3.23. The van der Waals surface area contributed by atoms with Gasteiger partial charge in [-0.25, -0.2) is 9.37 Å². The molecule has 2 aromatic rings. The molecule has 0 aliphatic carbocycles. The molecule has 0 amide bonds. The molecular formula is C8H4BrFN2. The van der Waals surface area contributed by atoms with E-state index in [1.54, 1.807) is 12.3 Å². The van der Waals surface area contributed by atoms with Gasteiger partial charge in [-0.3, -0.25) is 4.98 Å². The highest BCUT2D eigenvalue weighted by Crippen LogP contribution is 2.22. The fraction of sp³-hybridized carbons (Fsp3) is 0. The van der Waals surface area contributed by atoms with E-state index in [1.807, 2.05) is 0 Å². The molecule has 0 saturated carbocycles. The van der Waals surface area contributed by atoms with Crippen molar-refractivity contribution in [3.05, 3.63) is 35.1 Å². The van der Waals surface area contributed by atoms with Crippen molar-refractivity contribution >= 4 is 26.7 Å². The van der Waals surface area contributed by atoms with Crippen molar-refractivity contribution in [3.63, 3.8) is 0 Å². The molecule has 2 aromatic heterocycles. The number of aromatic nitrogens is 2. The first-order chi connectivity index (χ1) is 5.79. The highest BCUT2D eigenvalue weighted by Gasteiger charge is 2.03. The Morgan fingerprint density at radius 2 is 2.08 bits per heavy atom. The van der Waals surface area contributed by atoms with Crippen molar-refractivity contribution in [1.82, 2.24) is 9.97 Å². The van der Waals surface area contributed by atoms with E-state index in [-0.39, 0.29) is 5.82 Å². The summed E-state index contributed by atoms with van der Waals surface area (Å²) in [5.41, 5.74) is 0. The average Bonchev–Trinajstić information content (AvgIpc) is 2.12. The molecule has 0 N–H and O–H groups in total. The molecule has 0 saturated heterocycles. The Balaban J connectivity index is 2.95. The molecule has 12 heavy (non-hydrogen) atoms. The first kappa shape index (κ1) is 7.61. The summed E-state index contributed by atoms with van der Waals surface area (Å²) in [5.74, 6) is -0.346. The van der Waals surface area contributed by atoms with Gasteiger partial charge in [0, 0.05) is 23.2 Å². The summed E-state index contributed by atoms with van der Waals surface area (Å²) in [6.45, 7) is 0. The number of hydrogen-bond donors (Lipinski definition) is 0. The Bertz CT molecular complexity index is 390. The number of hydrogen-bond acceptors (Lipinski definition) is 2. The predicted octanol–water partition coefficient (Wildman–Crippen LogP) is 2.53. The van der Waals surface area contributed by atoms with Crippen molar-refractivity contribution in [2.24, 2.45) is 0 Å². The first-order valence-electron chi connectivity index (χ1n) is 3.33. The second kappa shape index (κ2) is 2.79. The van der Waals surface area contributed by atoms with Gasteiger partial charge in [0.1, 0.15) is 4.60 Å². The third-order valence-corrected chi connectivity index (χ3v) is 2.22. The van der Waals surface area contributed by atoms with Gasteiger partial charge in [-0.05, 0) is 22.0 Å². The molecular weight excluding hydrogens is 223 g/mol. The lowest BCUT2D eigenvalue weighted by Crippen LogP contribution is -1.85. The van der Waals surface area contributed by atoms with Crippen LogP contribution in [-0.2, 0) is 0 Å². The van der Waals surface area contributed by atoms with E-state index < -0.39 is 0 Å². The monoisotopic (exact) mass is 226 g/mol. The summed E-state index contributed by atoms with van der Waals surface area (Å²) < 4.78 is 13.7. The zero-order chi connectivity index (χ0) is 8.55. The summed E-state index contributed by atoms with van der Waals surface area (Å²) in [5, 5.41) is 1.23. The van der Waals surface area contributed by atoms with Crippen LogP contribution in [0.5, 0.6) is 0 Å². The van der Waals surface area contributed by atoms with Crippen LogP contribution in [0, 0.1) is 5.82 Å². The number of nitrogens with zero attached hydrogens (tertiary/aromatic N) is 2. The van der Waals surface area contributed by atoms with Crippen LogP contribution >= 0.6 is 15.9 Å². The Kier molecular flexibility index (Phi) is 1.77. The van der Waals surface area contributed by atoms with Gasteiger partial charge in [0.25, 0.3) is 0 Å². The molecule has 60 valence electrons. The van der Waals surface area contributed by atoms with Crippen LogP contribution in [0.3, 0.4) is 0 Å². The van der Waals surface area contributed by atoms with E-state index in [9.17, 15) is 4.39 Å². The zero-order valence-corrected chi connectivity index (χ0v) is 7.55. The van der Waals surface area contributed by atoms with E-state index in [0.29, 0.717) is 9.99 Å². The Hall–Kier alpha value is -1.03. The number of rotatable bonds is 0. The molecule has 0 aliphatic heterocycles. The summed E-state index contributed by atoms with van der Waals surface area (Å²) in [7, 11) is 0. The highest BCUT2D eigenvalue weighted by atomic mass is 79.9. The number of halogens is 2. The summed E-state index contributed by atoms with van der Waals surface area (Å²) in [4.78, 5) is 7.65. The number of fused-ring (bicyclic) bond motifs is 1. The smallest absolute Gasteiger partial charge is 0.150 e. The van der Waals surface area contributed by atoms with Crippen molar-refractivity contribution in [2.45, 2.75) is 0 Å². The molecule has 0 aliphatic rings. The second-order valence-electron chi connectivity index (χ2n) is 2.32. The minimum absolute atomic E-state index is 0.346. The van der Waals surface area contributed by atoms with Gasteiger partial charge in [-0.2, -0.15) is 0 Å². The van der Waals surface area contributed by atoms with Gasteiger partial charge >= 0.3 is 0 Å². The minimum atomic E-state index is -0.346. The van der Waals surface area contributed by atoms with Gasteiger partial charge in [-0.1, -0.05) is 0 Å².